The van der Waals surface area contributed by atoms with Crippen molar-refractivity contribution >= 4 is 33.6 Å². The van der Waals surface area contributed by atoms with E-state index in [4.69, 9.17) is 5.73 Å². The molecule has 2 aromatic heterocycles. The number of pyridine rings is 1. The van der Waals surface area contributed by atoms with Gasteiger partial charge in [0.15, 0.2) is 0 Å². The van der Waals surface area contributed by atoms with E-state index >= 15 is 0 Å². The van der Waals surface area contributed by atoms with Crippen LogP contribution in [0.3, 0.4) is 0 Å². The van der Waals surface area contributed by atoms with E-state index in [1.54, 1.807) is 11.3 Å². The highest BCUT2D eigenvalue weighted by Crippen LogP contribution is 2.26. The molecule has 0 radical (unpaired) electrons. The first-order valence-corrected chi connectivity index (χ1v) is 6.91. The molecule has 4 nitrogen and oxygen atoms in total. The Balaban J connectivity index is 2.00. The lowest BCUT2D eigenvalue weighted by molar-refractivity contribution is 0.898. The van der Waals surface area contributed by atoms with Gasteiger partial charge in [-0.3, -0.25) is 4.98 Å². The van der Waals surface area contributed by atoms with Crippen molar-refractivity contribution in [2.45, 2.75) is 6.54 Å². The number of benzene rings is 1. The SMILES string of the molecule is CN(Cc1cscn1)c1ccnc2cc(N)ccc12. The molecule has 0 saturated heterocycles. The maximum absolute atomic E-state index is 5.80. The maximum atomic E-state index is 5.80. The quantitative estimate of drug-likeness (QED) is 0.743. The normalized spacial score (nSPS) is 10.8. The second kappa shape index (κ2) is 4.85. The van der Waals surface area contributed by atoms with Gasteiger partial charge < -0.3 is 10.6 Å². The monoisotopic (exact) mass is 270 g/mol. The van der Waals surface area contributed by atoms with Crippen LogP contribution in [0.2, 0.25) is 0 Å². The van der Waals surface area contributed by atoms with Crippen LogP contribution in [0.5, 0.6) is 0 Å². The van der Waals surface area contributed by atoms with Crippen LogP contribution in [-0.2, 0) is 6.54 Å². The molecule has 19 heavy (non-hydrogen) atoms. The Morgan fingerprint density at radius 1 is 1.26 bits per heavy atom. The molecule has 0 aliphatic heterocycles. The van der Waals surface area contributed by atoms with E-state index in [0.29, 0.717) is 0 Å². The Morgan fingerprint density at radius 3 is 2.95 bits per heavy atom. The molecule has 0 fully saturated rings. The standard InChI is InChI=1S/C14H14N4S/c1-18(7-11-8-19-9-17-11)14-4-5-16-13-6-10(15)2-3-12(13)14/h2-6,8-9H,7,15H2,1H3. The number of thiazole rings is 1. The molecule has 2 N–H and O–H groups in total. The molecule has 0 bridgehead atoms. The van der Waals surface area contributed by atoms with Gasteiger partial charge in [0.05, 0.1) is 23.3 Å². The van der Waals surface area contributed by atoms with E-state index in [-0.39, 0.29) is 0 Å². The lowest BCUT2D eigenvalue weighted by Gasteiger charge is -2.20. The van der Waals surface area contributed by atoms with Crippen LogP contribution in [0.1, 0.15) is 5.69 Å². The van der Waals surface area contributed by atoms with E-state index in [9.17, 15) is 0 Å². The predicted molar refractivity (Wildman–Crippen MR) is 80.4 cm³/mol. The fourth-order valence-corrected chi connectivity index (χ4v) is 2.68. The van der Waals surface area contributed by atoms with Gasteiger partial charge >= 0.3 is 0 Å². The van der Waals surface area contributed by atoms with Gasteiger partial charge in [-0.2, -0.15) is 0 Å². The van der Waals surface area contributed by atoms with Crippen LogP contribution in [-0.4, -0.2) is 17.0 Å². The third-order valence-electron chi connectivity index (χ3n) is 3.04. The number of nitrogen functional groups attached to an aromatic ring is 1. The molecule has 0 atom stereocenters. The Hall–Kier alpha value is -2.14. The van der Waals surface area contributed by atoms with Gasteiger partial charge in [-0.15, -0.1) is 11.3 Å². The zero-order chi connectivity index (χ0) is 13.2. The molecular formula is C14H14N4S. The predicted octanol–water partition coefficient (Wildman–Crippen LogP) is 2.91. The van der Waals surface area contributed by atoms with Crippen LogP contribution >= 0.6 is 11.3 Å². The van der Waals surface area contributed by atoms with Crippen molar-refractivity contribution in [1.82, 2.24) is 9.97 Å². The zero-order valence-electron chi connectivity index (χ0n) is 10.6. The first-order valence-electron chi connectivity index (χ1n) is 5.96. The lowest BCUT2D eigenvalue weighted by Crippen LogP contribution is -2.17. The van der Waals surface area contributed by atoms with Crippen molar-refractivity contribution < 1.29 is 0 Å². The minimum atomic E-state index is 0.735. The fourth-order valence-electron chi connectivity index (χ4n) is 2.13. The molecule has 2 heterocycles. The molecule has 0 aliphatic carbocycles. The van der Waals surface area contributed by atoms with Gasteiger partial charge in [-0.05, 0) is 24.3 Å². The Labute approximate surface area is 115 Å². The Bertz CT molecular complexity index is 694. The summed E-state index contributed by atoms with van der Waals surface area (Å²) in [4.78, 5) is 10.9. The molecule has 0 unspecified atom stereocenters. The highest BCUT2D eigenvalue weighted by Gasteiger charge is 2.08. The average molecular weight is 270 g/mol. The van der Waals surface area contributed by atoms with Crippen molar-refractivity contribution in [2.24, 2.45) is 0 Å². The topological polar surface area (TPSA) is 55.0 Å². The van der Waals surface area contributed by atoms with E-state index in [0.717, 1.165) is 34.5 Å². The van der Waals surface area contributed by atoms with Crippen molar-refractivity contribution in [3.05, 3.63) is 47.0 Å². The molecule has 1 aromatic carbocycles. The highest BCUT2D eigenvalue weighted by molar-refractivity contribution is 7.07. The van der Waals surface area contributed by atoms with Gasteiger partial charge in [0.1, 0.15) is 0 Å². The van der Waals surface area contributed by atoms with E-state index < -0.39 is 0 Å². The van der Waals surface area contributed by atoms with Crippen molar-refractivity contribution in [3.63, 3.8) is 0 Å². The zero-order valence-corrected chi connectivity index (χ0v) is 11.4. The second-order valence-corrected chi connectivity index (χ2v) is 5.16. The summed E-state index contributed by atoms with van der Waals surface area (Å²) in [5, 5.41) is 3.17. The van der Waals surface area contributed by atoms with Crippen LogP contribution in [0.25, 0.3) is 10.9 Å². The summed E-state index contributed by atoms with van der Waals surface area (Å²) in [6, 6.07) is 7.84. The van der Waals surface area contributed by atoms with Crippen molar-refractivity contribution in [2.75, 3.05) is 17.7 Å². The summed E-state index contributed by atoms with van der Waals surface area (Å²) in [5.41, 5.74) is 11.5. The number of rotatable bonds is 3. The average Bonchev–Trinajstić information content (AvgIpc) is 2.90. The number of hydrogen-bond donors (Lipinski definition) is 1. The van der Waals surface area contributed by atoms with Crippen LogP contribution < -0.4 is 10.6 Å². The molecule has 5 heteroatoms. The summed E-state index contributed by atoms with van der Waals surface area (Å²) in [6.45, 7) is 0.785. The molecule has 3 aromatic rings. The Morgan fingerprint density at radius 2 is 2.16 bits per heavy atom. The van der Waals surface area contributed by atoms with Gasteiger partial charge in [0.25, 0.3) is 0 Å². The first kappa shape index (κ1) is 11.9. The summed E-state index contributed by atoms with van der Waals surface area (Å²) in [5.74, 6) is 0. The molecule has 0 saturated carbocycles. The molecule has 96 valence electrons. The number of nitrogens with two attached hydrogens (primary N) is 1. The molecule has 0 amide bonds. The van der Waals surface area contributed by atoms with Crippen LogP contribution in [0.4, 0.5) is 11.4 Å². The van der Waals surface area contributed by atoms with E-state index in [1.165, 1.54) is 0 Å². The van der Waals surface area contributed by atoms with Gasteiger partial charge in [0.2, 0.25) is 0 Å². The summed E-state index contributed by atoms with van der Waals surface area (Å²) < 4.78 is 0. The van der Waals surface area contributed by atoms with Crippen LogP contribution in [0, 0.1) is 0 Å². The fraction of sp³-hybridized carbons (Fsp3) is 0.143. The summed E-state index contributed by atoms with van der Waals surface area (Å²) in [6.07, 6.45) is 1.81. The molecular weight excluding hydrogens is 256 g/mol. The maximum Gasteiger partial charge on any atom is 0.0795 e. The number of aromatic nitrogens is 2. The first-order chi connectivity index (χ1) is 9.24. The summed E-state index contributed by atoms with van der Waals surface area (Å²) >= 11 is 1.62. The minimum absolute atomic E-state index is 0.735. The van der Waals surface area contributed by atoms with Crippen molar-refractivity contribution in [1.29, 1.82) is 0 Å². The van der Waals surface area contributed by atoms with Gasteiger partial charge in [-0.1, -0.05) is 0 Å². The van der Waals surface area contributed by atoms with Crippen molar-refractivity contribution in [3.8, 4) is 0 Å². The van der Waals surface area contributed by atoms with Crippen LogP contribution in [0.15, 0.2) is 41.4 Å². The third-order valence-corrected chi connectivity index (χ3v) is 3.67. The van der Waals surface area contributed by atoms with Gasteiger partial charge in [0, 0.05) is 35.4 Å². The molecule has 0 aliphatic rings. The molecule has 3 rings (SSSR count). The number of anilines is 2. The minimum Gasteiger partial charge on any atom is -0.399 e. The number of fused-ring (bicyclic) bond motifs is 1. The Kier molecular flexibility index (Phi) is 3.05. The second-order valence-electron chi connectivity index (χ2n) is 4.44. The largest absolute Gasteiger partial charge is 0.399 e. The lowest BCUT2D eigenvalue weighted by atomic mass is 10.1. The van der Waals surface area contributed by atoms with Gasteiger partial charge in [-0.25, -0.2) is 4.98 Å². The van der Waals surface area contributed by atoms with E-state index in [1.807, 2.05) is 36.0 Å². The molecule has 0 spiro atoms. The van der Waals surface area contributed by atoms with E-state index in [2.05, 4.69) is 27.3 Å². The number of hydrogen-bond acceptors (Lipinski definition) is 5. The highest BCUT2D eigenvalue weighted by atomic mass is 32.1. The third kappa shape index (κ3) is 2.37. The smallest absolute Gasteiger partial charge is 0.0795 e. The summed E-state index contributed by atoms with van der Waals surface area (Å²) in [7, 11) is 2.06. The number of nitrogens with zero attached hydrogens (tertiary/aromatic N) is 3.